The minimum absolute atomic E-state index is 0.0132. The van der Waals surface area contributed by atoms with Gasteiger partial charge in [-0.1, -0.05) is 24.8 Å². The highest BCUT2D eigenvalue weighted by Gasteiger charge is 2.24. The average Bonchev–Trinajstić information content (AvgIpc) is 3.52. The number of nitrogens with one attached hydrogen (secondary N) is 1. The standard InChI is InChI=1S/C27H25FN6O2/c1-3-21(35)32-20-11-10-18(14-19(20)28)24-22(23-25(29)30-15-31-26(23)33(24)2)16-6-8-17(9-7-16)27(36)34-12-4-5-13-34/h3,6-11,14-15H,1,4-5,12-13H2,2H3,(H,32,35)(H2,29,30,31). The lowest BCUT2D eigenvalue weighted by atomic mass is 9.97. The fourth-order valence-corrected chi connectivity index (χ4v) is 4.72. The Labute approximate surface area is 207 Å². The van der Waals surface area contributed by atoms with E-state index in [1.54, 1.807) is 18.2 Å². The lowest BCUT2D eigenvalue weighted by Crippen LogP contribution is -2.27. The topological polar surface area (TPSA) is 106 Å². The fourth-order valence-electron chi connectivity index (χ4n) is 4.72. The number of nitrogens with two attached hydrogens (primary N) is 1. The number of amides is 2. The number of anilines is 2. The molecule has 1 fully saturated rings. The molecule has 36 heavy (non-hydrogen) atoms. The summed E-state index contributed by atoms with van der Waals surface area (Å²) in [4.78, 5) is 34.9. The number of aromatic nitrogens is 3. The van der Waals surface area contributed by atoms with Crippen molar-refractivity contribution >= 4 is 34.4 Å². The SMILES string of the molecule is C=CC(=O)Nc1ccc(-c2c(-c3ccc(C(=O)N4CCCC4)cc3)c3c(N)ncnc3n2C)cc1F. The van der Waals surface area contributed by atoms with Gasteiger partial charge in [-0.25, -0.2) is 14.4 Å². The van der Waals surface area contributed by atoms with Gasteiger partial charge in [0.25, 0.3) is 5.91 Å². The Morgan fingerprint density at radius 1 is 1.08 bits per heavy atom. The second-order valence-electron chi connectivity index (χ2n) is 8.70. The van der Waals surface area contributed by atoms with E-state index in [0.29, 0.717) is 33.7 Å². The van der Waals surface area contributed by atoms with Crippen molar-refractivity contribution in [3.8, 4) is 22.4 Å². The average molecular weight is 485 g/mol. The molecule has 4 aromatic rings. The zero-order valence-corrected chi connectivity index (χ0v) is 19.8. The third-order valence-corrected chi connectivity index (χ3v) is 6.50. The predicted octanol–water partition coefficient (Wildman–Crippen LogP) is 4.38. The van der Waals surface area contributed by atoms with Crippen molar-refractivity contribution in [1.29, 1.82) is 0 Å². The van der Waals surface area contributed by atoms with E-state index in [2.05, 4.69) is 21.9 Å². The molecule has 0 saturated carbocycles. The fraction of sp³-hybridized carbons (Fsp3) is 0.185. The van der Waals surface area contributed by atoms with Crippen LogP contribution in [0.5, 0.6) is 0 Å². The van der Waals surface area contributed by atoms with E-state index in [1.807, 2.05) is 28.6 Å². The van der Waals surface area contributed by atoms with Gasteiger partial charge in [0.2, 0.25) is 5.91 Å². The maximum absolute atomic E-state index is 15.0. The number of carbonyl (C=O) groups is 2. The van der Waals surface area contributed by atoms with Crippen LogP contribution >= 0.6 is 0 Å². The molecule has 2 aromatic heterocycles. The Morgan fingerprint density at radius 2 is 1.78 bits per heavy atom. The van der Waals surface area contributed by atoms with E-state index in [4.69, 9.17) is 5.73 Å². The van der Waals surface area contributed by atoms with Gasteiger partial charge >= 0.3 is 0 Å². The summed E-state index contributed by atoms with van der Waals surface area (Å²) in [5.74, 6) is -0.785. The van der Waals surface area contributed by atoms with E-state index in [0.717, 1.165) is 43.1 Å². The largest absolute Gasteiger partial charge is 0.383 e. The highest BCUT2D eigenvalue weighted by atomic mass is 19.1. The Bertz CT molecular complexity index is 1500. The minimum Gasteiger partial charge on any atom is -0.383 e. The summed E-state index contributed by atoms with van der Waals surface area (Å²) in [6.45, 7) is 4.94. The van der Waals surface area contributed by atoms with Crippen LogP contribution in [0.1, 0.15) is 23.2 Å². The summed E-state index contributed by atoms with van der Waals surface area (Å²) in [5.41, 5.74) is 10.3. The zero-order chi connectivity index (χ0) is 25.4. The summed E-state index contributed by atoms with van der Waals surface area (Å²) in [6, 6.07) is 11.9. The van der Waals surface area contributed by atoms with Crippen molar-refractivity contribution in [2.75, 3.05) is 24.1 Å². The van der Waals surface area contributed by atoms with Crippen LogP contribution in [0.2, 0.25) is 0 Å². The van der Waals surface area contributed by atoms with E-state index in [-0.39, 0.29) is 11.6 Å². The first-order valence-electron chi connectivity index (χ1n) is 11.6. The zero-order valence-electron chi connectivity index (χ0n) is 19.8. The predicted molar refractivity (Wildman–Crippen MR) is 138 cm³/mol. The number of halogens is 1. The number of aryl methyl sites for hydroxylation is 1. The van der Waals surface area contributed by atoms with E-state index < -0.39 is 11.7 Å². The van der Waals surface area contributed by atoms with Gasteiger partial charge in [0.05, 0.1) is 16.8 Å². The molecule has 0 aliphatic carbocycles. The van der Waals surface area contributed by atoms with Crippen molar-refractivity contribution in [3.63, 3.8) is 0 Å². The highest BCUT2D eigenvalue weighted by molar-refractivity contribution is 6.08. The van der Waals surface area contributed by atoms with Crippen molar-refractivity contribution in [2.24, 2.45) is 7.05 Å². The first kappa shape index (κ1) is 23.2. The van der Waals surface area contributed by atoms with Gasteiger partial charge in [-0.15, -0.1) is 0 Å². The number of nitrogen functional groups attached to an aromatic ring is 1. The number of carbonyl (C=O) groups excluding carboxylic acids is 2. The van der Waals surface area contributed by atoms with Crippen molar-refractivity contribution in [3.05, 3.63) is 72.8 Å². The molecule has 0 bridgehead atoms. The van der Waals surface area contributed by atoms with Crippen LogP contribution < -0.4 is 11.1 Å². The summed E-state index contributed by atoms with van der Waals surface area (Å²) in [7, 11) is 1.82. The monoisotopic (exact) mass is 484 g/mol. The molecule has 0 atom stereocenters. The number of hydrogen-bond donors (Lipinski definition) is 2. The van der Waals surface area contributed by atoms with Crippen molar-refractivity contribution < 1.29 is 14.0 Å². The van der Waals surface area contributed by atoms with Crippen LogP contribution in [0, 0.1) is 5.82 Å². The number of nitrogens with zero attached hydrogens (tertiary/aromatic N) is 4. The second kappa shape index (κ2) is 9.26. The Kier molecular flexibility index (Phi) is 5.97. The molecule has 0 radical (unpaired) electrons. The first-order valence-corrected chi connectivity index (χ1v) is 11.6. The Morgan fingerprint density at radius 3 is 2.44 bits per heavy atom. The third-order valence-electron chi connectivity index (χ3n) is 6.50. The molecule has 3 heterocycles. The van der Waals surface area contributed by atoms with Crippen LogP contribution in [0.15, 0.2) is 61.4 Å². The van der Waals surface area contributed by atoms with Gasteiger partial charge in [0.15, 0.2) is 0 Å². The molecule has 0 spiro atoms. The lowest BCUT2D eigenvalue weighted by Gasteiger charge is -2.15. The summed E-state index contributed by atoms with van der Waals surface area (Å²) >= 11 is 0. The molecular formula is C27H25FN6O2. The number of fused-ring (bicyclic) bond motifs is 1. The molecule has 3 N–H and O–H groups in total. The molecule has 2 aromatic carbocycles. The van der Waals surface area contributed by atoms with Crippen LogP contribution in [-0.4, -0.2) is 44.3 Å². The third kappa shape index (κ3) is 3.98. The number of benzene rings is 2. The normalized spacial score (nSPS) is 13.2. The Balaban J connectivity index is 1.64. The molecule has 0 unspecified atom stereocenters. The summed E-state index contributed by atoms with van der Waals surface area (Å²) in [5, 5.41) is 3.10. The summed E-state index contributed by atoms with van der Waals surface area (Å²) in [6.07, 6.45) is 4.51. The van der Waals surface area contributed by atoms with E-state index >= 15 is 0 Å². The highest BCUT2D eigenvalue weighted by Crippen LogP contribution is 2.42. The molecular weight excluding hydrogens is 459 g/mol. The Hall–Kier alpha value is -4.53. The summed E-state index contributed by atoms with van der Waals surface area (Å²) < 4.78 is 16.8. The van der Waals surface area contributed by atoms with Crippen LogP contribution in [0.25, 0.3) is 33.4 Å². The van der Waals surface area contributed by atoms with Gasteiger partial charge < -0.3 is 20.5 Å². The molecule has 1 aliphatic rings. The molecule has 2 amide bonds. The van der Waals surface area contributed by atoms with Crippen molar-refractivity contribution in [2.45, 2.75) is 12.8 Å². The second-order valence-corrected chi connectivity index (χ2v) is 8.70. The molecule has 182 valence electrons. The number of hydrogen-bond acceptors (Lipinski definition) is 5. The first-order chi connectivity index (χ1) is 17.4. The van der Waals surface area contributed by atoms with Crippen LogP contribution in [0.3, 0.4) is 0 Å². The number of rotatable bonds is 5. The minimum atomic E-state index is -0.593. The smallest absolute Gasteiger partial charge is 0.253 e. The van der Waals surface area contributed by atoms with Gasteiger partial charge in [-0.3, -0.25) is 9.59 Å². The quantitative estimate of drug-likeness (QED) is 0.409. The van der Waals surface area contributed by atoms with Gasteiger partial charge in [-0.2, -0.15) is 0 Å². The maximum Gasteiger partial charge on any atom is 0.253 e. The van der Waals surface area contributed by atoms with Crippen LogP contribution in [-0.2, 0) is 11.8 Å². The molecule has 1 saturated heterocycles. The van der Waals surface area contributed by atoms with Gasteiger partial charge in [0, 0.05) is 36.8 Å². The van der Waals surface area contributed by atoms with E-state index in [1.165, 1.54) is 18.5 Å². The van der Waals surface area contributed by atoms with Crippen molar-refractivity contribution in [1.82, 2.24) is 19.4 Å². The van der Waals surface area contributed by atoms with Crippen LogP contribution in [0.4, 0.5) is 15.9 Å². The lowest BCUT2D eigenvalue weighted by molar-refractivity contribution is -0.111. The van der Waals surface area contributed by atoms with E-state index in [9.17, 15) is 14.0 Å². The molecule has 1 aliphatic heterocycles. The molecule has 9 heteroatoms. The molecule has 8 nitrogen and oxygen atoms in total. The molecule has 5 rings (SSSR count). The number of likely N-dealkylation sites (tertiary alicyclic amines) is 1. The maximum atomic E-state index is 15.0. The van der Waals surface area contributed by atoms with Gasteiger partial charge in [0.1, 0.15) is 23.6 Å². The van der Waals surface area contributed by atoms with Gasteiger partial charge in [-0.05, 0) is 48.7 Å².